The lowest BCUT2D eigenvalue weighted by atomic mass is 10.1. The van der Waals surface area contributed by atoms with Crippen molar-refractivity contribution < 1.29 is 8.42 Å². The maximum Gasteiger partial charge on any atom is 0.167 e. The molecule has 156 valence electrons. The van der Waals surface area contributed by atoms with E-state index in [-0.39, 0.29) is 0 Å². The molecular weight excluding hydrogens is 394 g/mol. The summed E-state index contributed by atoms with van der Waals surface area (Å²) in [6, 6.07) is 8.17. The molecule has 30 heavy (non-hydrogen) atoms. The van der Waals surface area contributed by atoms with Gasteiger partial charge >= 0.3 is 0 Å². The maximum atomic E-state index is 12.7. The monoisotopic (exact) mass is 421 g/mol. The zero-order valence-electron chi connectivity index (χ0n) is 17.2. The summed E-state index contributed by atoms with van der Waals surface area (Å²) >= 11 is 0. The van der Waals surface area contributed by atoms with Gasteiger partial charge in [-0.15, -0.1) is 0 Å². The second kappa shape index (κ2) is 7.60. The van der Waals surface area contributed by atoms with E-state index in [1.54, 1.807) is 0 Å². The molecule has 1 N–H and O–H groups in total. The van der Waals surface area contributed by atoms with Crippen LogP contribution in [0.5, 0.6) is 0 Å². The molecule has 4 heterocycles. The number of piperidine rings is 1. The van der Waals surface area contributed by atoms with Crippen LogP contribution < -0.4 is 0 Å². The SMILES string of the molecule is CS(=O)(=O)C(c1ccc2[nH]c(C3=CC=C4C=CC=CN4C3)cc2c1)N1CCCCC1. The van der Waals surface area contributed by atoms with Crippen molar-refractivity contribution in [1.82, 2.24) is 14.8 Å². The van der Waals surface area contributed by atoms with Gasteiger partial charge in [-0.1, -0.05) is 24.6 Å². The Morgan fingerprint density at radius 3 is 2.67 bits per heavy atom. The van der Waals surface area contributed by atoms with Crippen LogP contribution in [-0.4, -0.2) is 49.1 Å². The molecule has 3 aliphatic heterocycles. The molecule has 1 aromatic heterocycles. The van der Waals surface area contributed by atoms with Crippen LogP contribution >= 0.6 is 0 Å². The molecule has 0 amide bonds. The number of nitrogens with one attached hydrogen (secondary N) is 1. The van der Waals surface area contributed by atoms with Gasteiger partial charge in [0.2, 0.25) is 0 Å². The Morgan fingerprint density at radius 2 is 1.87 bits per heavy atom. The first-order valence-electron chi connectivity index (χ1n) is 10.6. The van der Waals surface area contributed by atoms with E-state index >= 15 is 0 Å². The van der Waals surface area contributed by atoms with Gasteiger partial charge in [0.25, 0.3) is 0 Å². The maximum absolute atomic E-state index is 12.7. The number of nitrogens with zero attached hydrogens (tertiary/aromatic N) is 2. The summed E-state index contributed by atoms with van der Waals surface area (Å²) in [6.07, 6.45) is 17.2. The molecule has 1 atom stereocenters. The van der Waals surface area contributed by atoms with E-state index in [4.69, 9.17) is 0 Å². The highest BCUT2D eigenvalue weighted by atomic mass is 32.2. The number of aromatic nitrogens is 1. The Kier molecular flexibility index (Phi) is 4.91. The van der Waals surface area contributed by atoms with Gasteiger partial charge in [0.05, 0.1) is 0 Å². The molecule has 1 saturated heterocycles. The van der Waals surface area contributed by atoms with Gasteiger partial charge in [0.15, 0.2) is 9.84 Å². The first kappa shape index (κ1) is 19.4. The van der Waals surface area contributed by atoms with Gasteiger partial charge in [0, 0.05) is 41.3 Å². The highest BCUT2D eigenvalue weighted by Crippen LogP contribution is 2.33. The molecule has 5 nitrogen and oxygen atoms in total. The Bertz CT molecular complexity index is 1190. The van der Waals surface area contributed by atoms with Crippen LogP contribution in [0, 0.1) is 0 Å². The lowest BCUT2D eigenvalue weighted by Crippen LogP contribution is -2.37. The first-order chi connectivity index (χ1) is 14.5. The smallest absolute Gasteiger partial charge is 0.167 e. The molecule has 1 aromatic carbocycles. The molecule has 6 heteroatoms. The number of hydrogen-bond donors (Lipinski definition) is 1. The average Bonchev–Trinajstić information content (AvgIpc) is 3.17. The lowest BCUT2D eigenvalue weighted by Gasteiger charge is -2.33. The van der Waals surface area contributed by atoms with Crippen molar-refractivity contribution in [3.8, 4) is 0 Å². The summed E-state index contributed by atoms with van der Waals surface area (Å²) in [7, 11) is -3.24. The molecule has 3 aliphatic rings. The van der Waals surface area contributed by atoms with Crippen molar-refractivity contribution in [1.29, 1.82) is 0 Å². The van der Waals surface area contributed by atoms with Gasteiger partial charge in [0.1, 0.15) is 5.37 Å². The Hall–Kier alpha value is -2.57. The second-order valence-electron chi connectivity index (χ2n) is 8.42. The summed E-state index contributed by atoms with van der Waals surface area (Å²) < 4.78 is 25.3. The molecule has 2 aromatic rings. The van der Waals surface area contributed by atoms with E-state index in [0.717, 1.165) is 54.6 Å². The van der Waals surface area contributed by atoms with E-state index in [0.29, 0.717) is 0 Å². The van der Waals surface area contributed by atoms with Crippen molar-refractivity contribution >= 4 is 26.3 Å². The van der Waals surface area contributed by atoms with Crippen LogP contribution in [0.4, 0.5) is 0 Å². The van der Waals surface area contributed by atoms with E-state index in [2.05, 4.69) is 45.3 Å². The summed E-state index contributed by atoms with van der Waals surface area (Å²) in [5.74, 6) is 0. The molecular formula is C24H27N3O2S. The average molecular weight is 422 g/mol. The van der Waals surface area contributed by atoms with Crippen LogP contribution in [0.15, 0.2) is 66.5 Å². The third-order valence-electron chi connectivity index (χ3n) is 6.18. The van der Waals surface area contributed by atoms with Gasteiger partial charge in [-0.2, -0.15) is 0 Å². The molecule has 1 unspecified atom stereocenters. The molecule has 0 saturated carbocycles. The highest BCUT2D eigenvalue weighted by Gasteiger charge is 2.31. The summed E-state index contributed by atoms with van der Waals surface area (Å²) in [5, 5.41) is 0.489. The van der Waals surface area contributed by atoms with Crippen molar-refractivity contribution in [3.63, 3.8) is 0 Å². The number of sulfone groups is 1. The number of allylic oxidation sites excluding steroid dienone is 5. The second-order valence-corrected chi connectivity index (χ2v) is 10.5. The molecule has 0 radical (unpaired) electrons. The summed E-state index contributed by atoms with van der Waals surface area (Å²) in [6.45, 7) is 2.49. The number of hydrogen-bond acceptors (Lipinski definition) is 4. The van der Waals surface area contributed by atoms with Gasteiger partial charge in [-0.05, 0) is 73.5 Å². The fourth-order valence-electron chi connectivity index (χ4n) is 4.74. The quantitative estimate of drug-likeness (QED) is 0.797. The minimum absolute atomic E-state index is 0.565. The van der Waals surface area contributed by atoms with Gasteiger partial charge < -0.3 is 9.88 Å². The normalized spacial score (nSPS) is 20.8. The topological polar surface area (TPSA) is 56.4 Å². The first-order valence-corrected chi connectivity index (χ1v) is 12.5. The van der Waals surface area contributed by atoms with Crippen molar-refractivity contribution in [2.45, 2.75) is 24.6 Å². The standard InChI is InChI=1S/C24H27N3O2S/c1-30(28,29)24(26-12-4-2-5-13-26)18-9-11-22-20(15-18)16-23(25-22)19-8-10-21-7-3-6-14-27(21)17-19/h3,6-11,14-16,24-25H,2,4-5,12-13,17H2,1H3. The minimum atomic E-state index is -3.24. The van der Waals surface area contributed by atoms with Gasteiger partial charge in [-0.25, -0.2) is 8.42 Å². The third-order valence-corrected chi connectivity index (χ3v) is 7.56. The number of rotatable bonds is 4. The van der Waals surface area contributed by atoms with E-state index in [9.17, 15) is 8.42 Å². The summed E-state index contributed by atoms with van der Waals surface area (Å²) in [4.78, 5) is 7.87. The van der Waals surface area contributed by atoms with Crippen molar-refractivity contribution in [3.05, 3.63) is 77.8 Å². The molecule has 1 fully saturated rings. The largest absolute Gasteiger partial charge is 0.355 e. The number of benzene rings is 1. The Balaban J connectivity index is 1.49. The lowest BCUT2D eigenvalue weighted by molar-refractivity contribution is 0.208. The fourth-order valence-corrected chi connectivity index (χ4v) is 6.13. The van der Waals surface area contributed by atoms with Crippen molar-refractivity contribution in [2.75, 3.05) is 25.9 Å². The Morgan fingerprint density at radius 1 is 1.03 bits per heavy atom. The van der Waals surface area contributed by atoms with Crippen LogP contribution in [0.25, 0.3) is 16.5 Å². The van der Waals surface area contributed by atoms with Crippen LogP contribution in [0.2, 0.25) is 0 Å². The van der Waals surface area contributed by atoms with E-state index in [1.165, 1.54) is 23.9 Å². The van der Waals surface area contributed by atoms with Crippen LogP contribution in [-0.2, 0) is 9.84 Å². The summed E-state index contributed by atoms with van der Waals surface area (Å²) in [5.41, 5.74) is 5.38. The number of aromatic amines is 1. The minimum Gasteiger partial charge on any atom is -0.355 e. The molecule has 0 spiro atoms. The van der Waals surface area contributed by atoms with E-state index in [1.807, 2.05) is 30.4 Å². The fraction of sp³-hybridized carbons (Fsp3) is 0.333. The molecule has 0 aliphatic carbocycles. The molecule has 5 rings (SSSR count). The third kappa shape index (κ3) is 3.66. The Labute approximate surface area is 178 Å². The zero-order chi connectivity index (χ0) is 20.7. The van der Waals surface area contributed by atoms with Gasteiger partial charge in [-0.3, -0.25) is 4.90 Å². The number of H-pyrrole nitrogens is 1. The number of likely N-dealkylation sites (tertiary alicyclic amines) is 1. The molecule has 0 bridgehead atoms. The number of fused-ring (bicyclic) bond motifs is 2. The highest BCUT2D eigenvalue weighted by molar-refractivity contribution is 7.90. The predicted octanol–water partition coefficient (Wildman–Crippen LogP) is 4.36. The van der Waals surface area contributed by atoms with Crippen LogP contribution in [0.1, 0.15) is 35.9 Å². The van der Waals surface area contributed by atoms with Crippen LogP contribution in [0.3, 0.4) is 0 Å². The predicted molar refractivity (Wildman–Crippen MR) is 122 cm³/mol. The van der Waals surface area contributed by atoms with E-state index < -0.39 is 15.2 Å². The van der Waals surface area contributed by atoms with Crippen molar-refractivity contribution in [2.24, 2.45) is 0 Å². The zero-order valence-corrected chi connectivity index (χ0v) is 18.0.